The van der Waals surface area contributed by atoms with E-state index in [-0.39, 0.29) is 33.7 Å². The third-order valence-electron chi connectivity index (χ3n) is 5.30. The molecule has 0 radical (unpaired) electrons. The fourth-order valence-corrected chi connectivity index (χ4v) is 5.01. The first-order valence-electron chi connectivity index (χ1n) is 9.81. The standard InChI is InChI=1S/C19H20ClF3N4O3S/c1-24-17(28)11-8-31-15-12(19(21,22)23)13(20)16(26-14(11)15)27-6-4-10(5-7-27)30-18(29)25-9-2-3-9/h8-10H,2-7H2,1H3,(H,24,28)(H,25,29). The molecule has 2 aromatic heterocycles. The summed E-state index contributed by atoms with van der Waals surface area (Å²) < 4.78 is 46.8. The molecule has 2 amide bonds. The molecule has 7 nitrogen and oxygen atoms in total. The van der Waals surface area contributed by atoms with Crippen molar-refractivity contribution in [3.05, 3.63) is 21.5 Å². The molecular weight excluding hydrogens is 457 g/mol. The topological polar surface area (TPSA) is 83.6 Å². The molecule has 1 saturated carbocycles. The molecule has 4 rings (SSSR count). The van der Waals surface area contributed by atoms with E-state index in [1.54, 1.807) is 4.90 Å². The van der Waals surface area contributed by atoms with Crippen molar-refractivity contribution >= 4 is 51.0 Å². The van der Waals surface area contributed by atoms with Crippen LogP contribution in [-0.2, 0) is 10.9 Å². The van der Waals surface area contributed by atoms with Crippen molar-refractivity contribution in [1.82, 2.24) is 15.6 Å². The Balaban J connectivity index is 1.60. The Morgan fingerprint density at radius 3 is 2.52 bits per heavy atom. The van der Waals surface area contributed by atoms with Crippen molar-refractivity contribution in [3.8, 4) is 0 Å². The van der Waals surface area contributed by atoms with Crippen molar-refractivity contribution in [2.24, 2.45) is 0 Å². The van der Waals surface area contributed by atoms with Crippen molar-refractivity contribution in [2.45, 2.75) is 44.0 Å². The fourth-order valence-electron chi connectivity index (χ4n) is 3.53. The molecule has 12 heteroatoms. The van der Waals surface area contributed by atoms with Gasteiger partial charge in [0.2, 0.25) is 0 Å². The number of rotatable bonds is 4. The number of ether oxygens (including phenoxy) is 1. The maximum atomic E-state index is 13.8. The van der Waals surface area contributed by atoms with Gasteiger partial charge >= 0.3 is 12.3 Å². The van der Waals surface area contributed by atoms with E-state index in [1.165, 1.54) is 12.4 Å². The average Bonchev–Trinajstić information content (AvgIpc) is 3.42. The molecule has 2 aromatic rings. The van der Waals surface area contributed by atoms with Gasteiger partial charge in [-0.15, -0.1) is 11.3 Å². The Hall–Kier alpha value is -2.27. The fraction of sp³-hybridized carbons (Fsp3) is 0.526. The molecule has 1 aliphatic heterocycles. The van der Waals surface area contributed by atoms with E-state index in [0.29, 0.717) is 25.9 Å². The third kappa shape index (κ3) is 4.52. The highest BCUT2D eigenvalue weighted by Gasteiger charge is 2.40. The lowest BCUT2D eigenvalue weighted by Gasteiger charge is -2.33. The number of alkyl halides is 3. The van der Waals surface area contributed by atoms with Gasteiger partial charge in [0, 0.05) is 44.4 Å². The van der Waals surface area contributed by atoms with E-state index in [1.807, 2.05) is 0 Å². The van der Waals surface area contributed by atoms with E-state index in [9.17, 15) is 22.8 Å². The van der Waals surface area contributed by atoms with Crippen LogP contribution in [0.3, 0.4) is 0 Å². The van der Waals surface area contributed by atoms with Gasteiger partial charge < -0.3 is 20.3 Å². The van der Waals surface area contributed by atoms with Crippen molar-refractivity contribution in [2.75, 3.05) is 25.0 Å². The van der Waals surface area contributed by atoms with Crippen LogP contribution in [0.2, 0.25) is 5.02 Å². The first-order valence-corrected chi connectivity index (χ1v) is 11.1. The molecular formula is C19H20ClF3N4O3S. The van der Waals surface area contributed by atoms with Crippen molar-refractivity contribution in [3.63, 3.8) is 0 Å². The number of aromatic nitrogens is 1. The van der Waals surface area contributed by atoms with Gasteiger partial charge in [0.25, 0.3) is 5.91 Å². The van der Waals surface area contributed by atoms with E-state index in [0.717, 1.165) is 24.2 Å². The van der Waals surface area contributed by atoms with Crippen molar-refractivity contribution in [1.29, 1.82) is 0 Å². The molecule has 2 fully saturated rings. The molecule has 1 aliphatic carbocycles. The minimum Gasteiger partial charge on any atom is -0.446 e. The number of pyridine rings is 1. The number of thiophene rings is 1. The molecule has 31 heavy (non-hydrogen) atoms. The lowest BCUT2D eigenvalue weighted by Crippen LogP contribution is -2.40. The molecule has 3 heterocycles. The first-order chi connectivity index (χ1) is 14.7. The first kappa shape index (κ1) is 21.9. The zero-order chi connectivity index (χ0) is 22.3. The van der Waals surface area contributed by atoms with Gasteiger partial charge in [0.05, 0.1) is 26.4 Å². The maximum absolute atomic E-state index is 13.8. The summed E-state index contributed by atoms with van der Waals surface area (Å²) in [6.45, 7) is 0.632. The van der Waals surface area contributed by atoms with Gasteiger partial charge in [-0.1, -0.05) is 11.6 Å². The van der Waals surface area contributed by atoms with Gasteiger partial charge in [-0.05, 0) is 12.8 Å². The Labute approximate surface area is 184 Å². The lowest BCUT2D eigenvalue weighted by atomic mass is 10.1. The average molecular weight is 477 g/mol. The lowest BCUT2D eigenvalue weighted by molar-refractivity contribution is -0.136. The molecule has 0 spiro atoms. The number of hydrogen-bond donors (Lipinski definition) is 2. The summed E-state index contributed by atoms with van der Waals surface area (Å²) in [5.74, 6) is -0.542. The SMILES string of the molecule is CNC(=O)c1csc2c(C(F)(F)F)c(Cl)c(N3CCC(OC(=O)NC4CC4)CC3)nc12. The zero-order valence-corrected chi connectivity index (χ0v) is 18.1. The predicted octanol–water partition coefficient (Wildman–Crippen LogP) is 4.19. The summed E-state index contributed by atoms with van der Waals surface area (Å²) in [6, 6.07) is 0.184. The van der Waals surface area contributed by atoms with Crippen LogP contribution in [0.1, 0.15) is 41.6 Å². The summed E-state index contributed by atoms with van der Waals surface area (Å²) in [5.41, 5.74) is -0.948. The summed E-state index contributed by atoms with van der Waals surface area (Å²) in [7, 11) is 1.40. The number of carbonyl (C=O) groups excluding carboxylic acids is 2. The number of alkyl carbamates (subject to hydrolysis) is 1. The highest BCUT2D eigenvalue weighted by molar-refractivity contribution is 7.17. The Morgan fingerprint density at radius 1 is 1.26 bits per heavy atom. The number of nitrogens with zero attached hydrogens (tertiary/aromatic N) is 2. The predicted molar refractivity (Wildman–Crippen MR) is 111 cm³/mol. The van der Waals surface area contributed by atoms with Gasteiger partial charge in [-0.2, -0.15) is 13.2 Å². The normalized spacial score (nSPS) is 17.6. The number of fused-ring (bicyclic) bond motifs is 1. The third-order valence-corrected chi connectivity index (χ3v) is 6.64. The second kappa shape index (κ2) is 8.34. The van der Waals surface area contributed by atoms with E-state index in [4.69, 9.17) is 16.3 Å². The molecule has 0 atom stereocenters. The van der Waals surface area contributed by atoms with Gasteiger partial charge in [-0.3, -0.25) is 4.79 Å². The largest absolute Gasteiger partial charge is 0.446 e. The van der Waals surface area contributed by atoms with E-state index >= 15 is 0 Å². The summed E-state index contributed by atoms with van der Waals surface area (Å²) in [4.78, 5) is 29.9. The number of nitrogens with one attached hydrogen (secondary N) is 2. The van der Waals surface area contributed by atoms with Crippen LogP contribution >= 0.6 is 22.9 Å². The number of amides is 2. The minimum atomic E-state index is -4.71. The number of anilines is 1. The number of carbonyl (C=O) groups is 2. The quantitative estimate of drug-likeness (QED) is 0.691. The van der Waals surface area contributed by atoms with Crippen LogP contribution in [0.4, 0.5) is 23.8 Å². The highest BCUT2D eigenvalue weighted by Crippen LogP contribution is 2.46. The summed E-state index contributed by atoms with van der Waals surface area (Å²) in [5, 5.41) is 6.03. The molecule has 0 bridgehead atoms. The Morgan fingerprint density at radius 2 is 1.94 bits per heavy atom. The summed E-state index contributed by atoms with van der Waals surface area (Å²) in [6.07, 6.45) is -2.75. The molecule has 0 aromatic carbocycles. The highest BCUT2D eigenvalue weighted by atomic mass is 35.5. The number of halogens is 4. The molecule has 2 N–H and O–H groups in total. The Kier molecular flexibility index (Phi) is 5.91. The second-order valence-electron chi connectivity index (χ2n) is 7.54. The van der Waals surface area contributed by atoms with Gasteiger partial charge in [0.15, 0.2) is 0 Å². The molecule has 0 unspecified atom stereocenters. The Bertz CT molecular complexity index is 1020. The number of piperidine rings is 1. The maximum Gasteiger partial charge on any atom is 0.419 e. The molecule has 168 valence electrons. The number of hydrogen-bond acceptors (Lipinski definition) is 6. The zero-order valence-electron chi connectivity index (χ0n) is 16.5. The van der Waals surface area contributed by atoms with Gasteiger partial charge in [0.1, 0.15) is 11.9 Å². The summed E-state index contributed by atoms with van der Waals surface area (Å²) >= 11 is 6.99. The van der Waals surface area contributed by atoms with Crippen LogP contribution in [0.25, 0.3) is 10.2 Å². The van der Waals surface area contributed by atoms with Crippen LogP contribution in [0.15, 0.2) is 5.38 Å². The van der Waals surface area contributed by atoms with E-state index < -0.39 is 28.8 Å². The second-order valence-corrected chi connectivity index (χ2v) is 8.80. The smallest absolute Gasteiger partial charge is 0.419 e. The monoisotopic (exact) mass is 476 g/mol. The van der Waals surface area contributed by atoms with Crippen LogP contribution < -0.4 is 15.5 Å². The van der Waals surface area contributed by atoms with E-state index in [2.05, 4.69) is 15.6 Å². The minimum absolute atomic E-state index is 0.0223. The van der Waals surface area contributed by atoms with Crippen molar-refractivity contribution < 1.29 is 27.5 Å². The van der Waals surface area contributed by atoms with Gasteiger partial charge in [-0.25, -0.2) is 9.78 Å². The van der Waals surface area contributed by atoms with Crippen LogP contribution in [0, 0.1) is 0 Å². The molecule has 1 saturated heterocycles. The molecule has 2 aliphatic rings. The van der Waals surface area contributed by atoms with Crippen LogP contribution in [-0.4, -0.2) is 49.3 Å². The van der Waals surface area contributed by atoms with Crippen LogP contribution in [0.5, 0.6) is 0 Å².